The lowest BCUT2D eigenvalue weighted by Crippen LogP contribution is -2.15. The summed E-state index contributed by atoms with van der Waals surface area (Å²) in [5, 5.41) is 4.47. The second-order valence-electron chi connectivity index (χ2n) is 14.1. The van der Waals surface area contributed by atoms with Crippen LogP contribution in [0.15, 0.2) is 176 Å². The lowest BCUT2D eigenvalue weighted by Gasteiger charge is -2.24. The molecule has 250 valence electrons. The Bertz CT molecular complexity index is 3110. The van der Waals surface area contributed by atoms with Crippen molar-refractivity contribution in [1.29, 1.82) is 0 Å². The lowest BCUT2D eigenvalue weighted by molar-refractivity contribution is 0.666. The van der Waals surface area contributed by atoms with E-state index < -0.39 is 18.1 Å². The number of rotatable bonds is 5. The molecule has 3 heteroatoms. The Balaban J connectivity index is 1.29. The molecular formula is C50H35N3. The fraction of sp³-hybridized carbons (Fsp3) is 0.0600. The van der Waals surface area contributed by atoms with E-state index in [1.54, 1.807) is 0 Å². The first-order valence-electron chi connectivity index (χ1n) is 20.3. The number of aromatic nitrogens is 3. The van der Waals surface area contributed by atoms with E-state index in [0.717, 1.165) is 60.7 Å². The predicted octanol–water partition coefficient (Wildman–Crippen LogP) is 12.8. The van der Waals surface area contributed by atoms with Gasteiger partial charge < -0.3 is 0 Å². The van der Waals surface area contributed by atoms with Crippen LogP contribution < -0.4 is 0 Å². The van der Waals surface area contributed by atoms with Crippen LogP contribution in [0, 0.1) is 0 Å². The SMILES string of the molecule is [2H]c1c([2H])c([2H])c(-c2nc(-c3ccc(-c4ccccc4)cc3)nc(-c3cc4c(-c5ccc6ccccc6c5)cccc4c4c3-c3ccccc3C4(C)C)n2)c([2H])c1[2H]. The Morgan fingerprint density at radius 2 is 1.06 bits per heavy atom. The molecule has 0 spiro atoms. The molecule has 0 amide bonds. The van der Waals surface area contributed by atoms with Crippen molar-refractivity contribution in [2.75, 3.05) is 0 Å². The Labute approximate surface area is 316 Å². The molecular weight excluding hydrogens is 643 g/mol. The summed E-state index contributed by atoms with van der Waals surface area (Å²) in [7, 11) is 0. The molecule has 1 aromatic heterocycles. The van der Waals surface area contributed by atoms with Crippen LogP contribution in [0.3, 0.4) is 0 Å². The van der Waals surface area contributed by atoms with E-state index in [9.17, 15) is 0 Å². The first-order chi connectivity index (χ1) is 28.1. The Hall–Kier alpha value is -6.71. The van der Waals surface area contributed by atoms with Crippen molar-refractivity contribution in [3.05, 3.63) is 187 Å². The van der Waals surface area contributed by atoms with E-state index in [2.05, 4.69) is 117 Å². The van der Waals surface area contributed by atoms with Crippen LogP contribution in [0.4, 0.5) is 0 Å². The largest absolute Gasteiger partial charge is 0.208 e. The van der Waals surface area contributed by atoms with Gasteiger partial charge in [0.1, 0.15) is 0 Å². The quantitative estimate of drug-likeness (QED) is 0.181. The fourth-order valence-corrected chi connectivity index (χ4v) is 8.06. The van der Waals surface area contributed by atoms with Crippen LogP contribution >= 0.6 is 0 Å². The second kappa shape index (κ2) is 12.2. The topological polar surface area (TPSA) is 38.7 Å². The zero-order chi connectivity index (χ0) is 39.9. The molecule has 0 fully saturated rings. The molecule has 0 radical (unpaired) electrons. The molecule has 1 aliphatic rings. The van der Waals surface area contributed by atoms with E-state index >= 15 is 0 Å². The maximum absolute atomic E-state index is 8.93. The summed E-state index contributed by atoms with van der Waals surface area (Å²) >= 11 is 0. The van der Waals surface area contributed by atoms with Gasteiger partial charge in [-0.3, -0.25) is 0 Å². The van der Waals surface area contributed by atoms with Gasteiger partial charge in [-0.05, 0) is 78.2 Å². The molecule has 0 atom stereocenters. The zero-order valence-corrected chi connectivity index (χ0v) is 29.2. The Kier molecular flexibility index (Phi) is 6.02. The molecule has 1 heterocycles. The van der Waals surface area contributed by atoms with Gasteiger partial charge in [-0.2, -0.15) is 0 Å². The first kappa shape index (κ1) is 26.1. The van der Waals surface area contributed by atoms with Crippen molar-refractivity contribution in [2.24, 2.45) is 0 Å². The molecule has 0 unspecified atom stereocenters. The zero-order valence-electron chi connectivity index (χ0n) is 34.2. The van der Waals surface area contributed by atoms with E-state index in [1.807, 2.05) is 42.5 Å². The fourth-order valence-electron chi connectivity index (χ4n) is 8.06. The summed E-state index contributed by atoms with van der Waals surface area (Å²) in [5.41, 5.74) is 9.67. The smallest absolute Gasteiger partial charge is 0.164 e. The molecule has 0 bridgehead atoms. The maximum Gasteiger partial charge on any atom is 0.164 e. The summed E-state index contributed by atoms with van der Waals surface area (Å²) in [5.74, 6) is 0.679. The molecule has 8 aromatic carbocycles. The van der Waals surface area contributed by atoms with Gasteiger partial charge in [0, 0.05) is 22.1 Å². The highest BCUT2D eigenvalue weighted by Crippen LogP contribution is 2.55. The summed E-state index contributed by atoms with van der Waals surface area (Å²) in [6.45, 7) is 4.52. The van der Waals surface area contributed by atoms with Crippen molar-refractivity contribution >= 4 is 21.5 Å². The van der Waals surface area contributed by atoms with Gasteiger partial charge in [0.05, 0.1) is 6.85 Å². The molecule has 0 N–H and O–H groups in total. The minimum absolute atomic E-state index is 0.00587. The number of fused-ring (bicyclic) bond motifs is 6. The van der Waals surface area contributed by atoms with Crippen LogP contribution in [0.5, 0.6) is 0 Å². The van der Waals surface area contributed by atoms with Gasteiger partial charge in [0.15, 0.2) is 17.5 Å². The summed E-state index contributed by atoms with van der Waals surface area (Å²) in [6.07, 6.45) is 0. The molecule has 53 heavy (non-hydrogen) atoms. The van der Waals surface area contributed by atoms with Gasteiger partial charge in [0.25, 0.3) is 0 Å². The van der Waals surface area contributed by atoms with Gasteiger partial charge in [-0.1, -0.05) is 178 Å². The minimum atomic E-state index is -0.475. The van der Waals surface area contributed by atoms with Crippen molar-refractivity contribution < 1.29 is 6.85 Å². The third kappa shape index (κ3) is 5.16. The highest BCUT2D eigenvalue weighted by molar-refractivity contribution is 6.09. The second-order valence-corrected chi connectivity index (χ2v) is 14.1. The normalized spacial score (nSPS) is 14.2. The van der Waals surface area contributed by atoms with Crippen LogP contribution in [0.1, 0.15) is 31.8 Å². The van der Waals surface area contributed by atoms with E-state index in [-0.39, 0.29) is 28.9 Å². The van der Waals surface area contributed by atoms with E-state index in [4.69, 9.17) is 21.8 Å². The van der Waals surface area contributed by atoms with Crippen molar-refractivity contribution in [3.63, 3.8) is 0 Å². The minimum Gasteiger partial charge on any atom is -0.208 e. The monoisotopic (exact) mass is 682 g/mol. The van der Waals surface area contributed by atoms with Gasteiger partial charge in [0.2, 0.25) is 0 Å². The molecule has 9 aromatic rings. The molecule has 1 aliphatic carbocycles. The third-order valence-electron chi connectivity index (χ3n) is 10.6. The van der Waals surface area contributed by atoms with E-state index in [0.29, 0.717) is 17.2 Å². The first-order valence-corrected chi connectivity index (χ1v) is 17.8. The summed E-state index contributed by atoms with van der Waals surface area (Å²) < 4.78 is 43.2. The van der Waals surface area contributed by atoms with Crippen molar-refractivity contribution in [3.8, 4) is 67.5 Å². The maximum atomic E-state index is 8.93. The molecule has 3 nitrogen and oxygen atoms in total. The third-order valence-corrected chi connectivity index (χ3v) is 10.6. The van der Waals surface area contributed by atoms with Crippen LogP contribution in [0.25, 0.3) is 89.1 Å². The number of hydrogen-bond acceptors (Lipinski definition) is 3. The number of hydrogen-bond donors (Lipinski definition) is 0. The highest BCUT2D eigenvalue weighted by Gasteiger charge is 2.39. The number of nitrogens with zero attached hydrogens (tertiary/aromatic N) is 3. The average molecular weight is 683 g/mol. The lowest BCUT2D eigenvalue weighted by atomic mass is 9.78. The summed E-state index contributed by atoms with van der Waals surface area (Å²) in [6, 6.07) is 47.9. The van der Waals surface area contributed by atoms with Crippen LogP contribution in [0.2, 0.25) is 0 Å². The van der Waals surface area contributed by atoms with Gasteiger partial charge >= 0.3 is 0 Å². The van der Waals surface area contributed by atoms with Crippen LogP contribution in [-0.4, -0.2) is 15.0 Å². The Morgan fingerprint density at radius 1 is 0.434 bits per heavy atom. The molecule has 0 saturated heterocycles. The number of benzene rings is 8. The Morgan fingerprint density at radius 3 is 1.87 bits per heavy atom. The van der Waals surface area contributed by atoms with Gasteiger partial charge in [-0.25, -0.2) is 15.0 Å². The predicted molar refractivity (Wildman–Crippen MR) is 220 cm³/mol. The molecule has 10 rings (SSSR count). The highest BCUT2D eigenvalue weighted by atomic mass is 15.0. The van der Waals surface area contributed by atoms with Crippen molar-refractivity contribution in [2.45, 2.75) is 19.3 Å². The summed E-state index contributed by atoms with van der Waals surface area (Å²) in [4.78, 5) is 15.1. The standard InChI is InChI=1S/C50H35N3/c1-50(2)44-23-12-11-20-41(44)45-43(31-42-39(21-13-22-40(42)46(45)50)38-29-26-33-16-9-10-19-37(33)30-38)49-52-47(35-17-7-4-8-18-35)51-48(53-49)36-27-24-34(25-28-36)32-14-5-3-6-15-32/h3-31H,1-2H3/i4D,7D,8D,17D,18D. The van der Waals surface area contributed by atoms with E-state index in [1.165, 1.54) is 10.9 Å². The average Bonchev–Trinajstić information content (AvgIpc) is 3.51. The van der Waals surface area contributed by atoms with Crippen LogP contribution in [-0.2, 0) is 5.41 Å². The van der Waals surface area contributed by atoms with Gasteiger partial charge in [-0.15, -0.1) is 0 Å². The molecule has 0 aliphatic heterocycles. The molecule has 0 saturated carbocycles. The van der Waals surface area contributed by atoms with Crippen molar-refractivity contribution in [1.82, 2.24) is 15.0 Å².